The third-order valence-corrected chi connectivity index (χ3v) is 3.99. The second-order valence-electron chi connectivity index (χ2n) is 5.73. The minimum atomic E-state index is -0.899. The van der Waals surface area contributed by atoms with Gasteiger partial charge in [-0.25, -0.2) is 0 Å². The van der Waals surface area contributed by atoms with Gasteiger partial charge in [0, 0.05) is 30.8 Å². The van der Waals surface area contributed by atoms with E-state index in [4.69, 9.17) is 5.11 Å². The minimum absolute atomic E-state index is 0.0662. The van der Waals surface area contributed by atoms with Crippen LogP contribution < -0.4 is 10.2 Å². The molecule has 6 nitrogen and oxygen atoms in total. The lowest BCUT2D eigenvalue weighted by Gasteiger charge is -2.17. The Bertz CT molecular complexity index is 600. The predicted molar refractivity (Wildman–Crippen MR) is 86.4 cm³/mol. The average molecular weight is 318 g/mol. The molecule has 0 saturated carbocycles. The Balaban J connectivity index is 2.02. The molecule has 23 heavy (non-hydrogen) atoms. The van der Waals surface area contributed by atoms with E-state index in [0.29, 0.717) is 30.6 Å². The quantitative estimate of drug-likeness (QED) is 0.805. The third kappa shape index (κ3) is 4.31. The fraction of sp³-hybridized carbons (Fsp3) is 0.471. The molecule has 124 valence electrons. The molecule has 0 aliphatic carbocycles. The van der Waals surface area contributed by atoms with Crippen LogP contribution in [0.3, 0.4) is 0 Å². The van der Waals surface area contributed by atoms with Crippen LogP contribution in [0.25, 0.3) is 0 Å². The van der Waals surface area contributed by atoms with Gasteiger partial charge in [-0.1, -0.05) is 19.4 Å². The second-order valence-corrected chi connectivity index (χ2v) is 5.73. The van der Waals surface area contributed by atoms with Crippen LogP contribution in [0.1, 0.15) is 43.0 Å². The first-order valence-corrected chi connectivity index (χ1v) is 7.94. The number of carboxylic acid groups (broad SMARTS) is 1. The van der Waals surface area contributed by atoms with E-state index < -0.39 is 11.9 Å². The molecule has 0 radical (unpaired) electrons. The molecule has 1 aromatic carbocycles. The standard InChI is InChI=1S/C17H22N2O4/c1-2-5-13(17(22)23)11-18-16(21)12-6-3-7-14(10-12)19-9-4-8-15(19)20/h3,6-7,10,13H,2,4-5,8-9,11H2,1H3,(H,18,21)(H,22,23). The maximum absolute atomic E-state index is 12.2. The van der Waals surface area contributed by atoms with Crippen molar-refractivity contribution in [1.29, 1.82) is 0 Å². The van der Waals surface area contributed by atoms with Crippen LogP contribution in [0.2, 0.25) is 0 Å². The van der Waals surface area contributed by atoms with E-state index in [0.717, 1.165) is 12.8 Å². The molecule has 1 saturated heterocycles. The molecule has 1 aliphatic heterocycles. The van der Waals surface area contributed by atoms with Gasteiger partial charge in [0.2, 0.25) is 5.91 Å². The molecule has 1 atom stereocenters. The van der Waals surface area contributed by atoms with Crippen molar-refractivity contribution in [3.63, 3.8) is 0 Å². The van der Waals surface area contributed by atoms with Crippen molar-refractivity contribution < 1.29 is 19.5 Å². The minimum Gasteiger partial charge on any atom is -0.481 e. The van der Waals surface area contributed by atoms with Gasteiger partial charge in [0.15, 0.2) is 0 Å². The Hall–Kier alpha value is -2.37. The number of carboxylic acids is 1. The van der Waals surface area contributed by atoms with Gasteiger partial charge in [-0.2, -0.15) is 0 Å². The normalized spacial score (nSPS) is 15.5. The van der Waals surface area contributed by atoms with Crippen LogP contribution >= 0.6 is 0 Å². The Morgan fingerprint density at radius 2 is 2.17 bits per heavy atom. The summed E-state index contributed by atoms with van der Waals surface area (Å²) in [5.74, 6) is -1.73. The summed E-state index contributed by atoms with van der Waals surface area (Å²) in [6.07, 6.45) is 2.64. The Kier molecular flexibility index (Phi) is 5.73. The van der Waals surface area contributed by atoms with E-state index in [1.165, 1.54) is 0 Å². The highest BCUT2D eigenvalue weighted by atomic mass is 16.4. The summed E-state index contributed by atoms with van der Waals surface area (Å²) in [5.41, 5.74) is 1.14. The molecular weight excluding hydrogens is 296 g/mol. The molecule has 1 aliphatic rings. The Morgan fingerprint density at radius 3 is 2.78 bits per heavy atom. The van der Waals surface area contributed by atoms with E-state index in [-0.39, 0.29) is 18.4 Å². The number of nitrogens with zero attached hydrogens (tertiary/aromatic N) is 1. The smallest absolute Gasteiger partial charge is 0.308 e. The number of carbonyl (C=O) groups excluding carboxylic acids is 2. The van der Waals surface area contributed by atoms with Crippen molar-refractivity contribution in [2.75, 3.05) is 18.0 Å². The third-order valence-electron chi connectivity index (χ3n) is 3.99. The number of anilines is 1. The summed E-state index contributed by atoms with van der Waals surface area (Å²) in [4.78, 5) is 36.8. The molecule has 1 fully saturated rings. The van der Waals surface area contributed by atoms with Crippen LogP contribution in [0, 0.1) is 5.92 Å². The topological polar surface area (TPSA) is 86.7 Å². The molecule has 2 rings (SSSR count). The first-order chi connectivity index (χ1) is 11.0. The number of rotatable bonds is 7. The Labute approximate surface area is 135 Å². The zero-order valence-corrected chi connectivity index (χ0v) is 13.2. The fourth-order valence-electron chi connectivity index (χ4n) is 2.72. The zero-order chi connectivity index (χ0) is 16.8. The lowest BCUT2D eigenvalue weighted by atomic mass is 10.0. The number of aliphatic carboxylic acids is 1. The monoisotopic (exact) mass is 318 g/mol. The number of hydrogen-bond donors (Lipinski definition) is 2. The van der Waals surface area contributed by atoms with E-state index >= 15 is 0 Å². The largest absolute Gasteiger partial charge is 0.481 e. The maximum atomic E-state index is 12.2. The Morgan fingerprint density at radius 1 is 1.39 bits per heavy atom. The molecule has 0 spiro atoms. The van der Waals surface area contributed by atoms with Gasteiger partial charge < -0.3 is 15.3 Å². The van der Waals surface area contributed by atoms with Gasteiger partial charge in [0.1, 0.15) is 0 Å². The van der Waals surface area contributed by atoms with Gasteiger partial charge in [-0.15, -0.1) is 0 Å². The van der Waals surface area contributed by atoms with Crippen molar-refractivity contribution in [3.05, 3.63) is 29.8 Å². The number of benzene rings is 1. The molecule has 1 unspecified atom stereocenters. The summed E-state index contributed by atoms with van der Waals surface area (Å²) in [6.45, 7) is 2.69. The average Bonchev–Trinajstić information content (AvgIpc) is 2.97. The SMILES string of the molecule is CCCC(CNC(=O)c1cccc(N2CCCC2=O)c1)C(=O)O. The highest BCUT2D eigenvalue weighted by Gasteiger charge is 2.22. The lowest BCUT2D eigenvalue weighted by molar-refractivity contribution is -0.141. The summed E-state index contributed by atoms with van der Waals surface area (Å²) in [5, 5.41) is 11.8. The van der Waals surface area contributed by atoms with Crippen molar-refractivity contribution in [2.24, 2.45) is 5.92 Å². The molecular formula is C17H22N2O4. The molecule has 2 N–H and O–H groups in total. The summed E-state index contributed by atoms with van der Waals surface area (Å²) in [7, 11) is 0. The number of nitrogens with one attached hydrogen (secondary N) is 1. The number of hydrogen-bond acceptors (Lipinski definition) is 3. The van der Waals surface area contributed by atoms with E-state index in [9.17, 15) is 14.4 Å². The number of carbonyl (C=O) groups is 3. The second kappa shape index (κ2) is 7.76. The molecule has 2 amide bonds. The van der Waals surface area contributed by atoms with Crippen molar-refractivity contribution >= 4 is 23.5 Å². The summed E-state index contributed by atoms with van der Waals surface area (Å²) < 4.78 is 0. The molecule has 1 aromatic rings. The lowest BCUT2D eigenvalue weighted by Crippen LogP contribution is -2.33. The van der Waals surface area contributed by atoms with E-state index in [1.54, 1.807) is 29.2 Å². The highest BCUT2D eigenvalue weighted by Crippen LogP contribution is 2.22. The van der Waals surface area contributed by atoms with Gasteiger partial charge in [0.25, 0.3) is 5.91 Å². The van der Waals surface area contributed by atoms with Crippen LogP contribution in [0.15, 0.2) is 24.3 Å². The molecule has 6 heteroatoms. The maximum Gasteiger partial charge on any atom is 0.308 e. The van der Waals surface area contributed by atoms with Gasteiger partial charge in [-0.3, -0.25) is 14.4 Å². The molecule has 0 bridgehead atoms. The highest BCUT2D eigenvalue weighted by molar-refractivity contribution is 5.99. The van der Waals surface area contributed by atoms with Crippen LogP contribution in [0.5, 0.6) is 0 Å². The summed E-state index contributed by atoms with van der Waals surface area (Å²) in [6, 6.07) is 6.87. The first kappa shape index (κ1) is 17.0. The van der Waals surface area contributed by atoms with Crippen LogP contribution in [0.4, 0.5) is 5.69 Å². The van der Waals surface area contributed by atoms with Crippen molar-refractivity contribution in [1.82, 2.24) is 5.32 Å². The van der Waals surface area contributed by atoms with Crippen molar-refractivity contribution in [3.8, 4) is 0 Å². The molecule has 0 aromatic heterocycles. The van der Waals surface area contributed by atoms with Gasteiger partial charge in [-0.05, 0) is 31.0 Å². The van der Waals surface area contributed by atoms with Crippen LogP contribution in [-0.2, 0) is 9.59 Å². The van der Waals surface area contributed by atoms with Crippen molar-refractivity contribution in [2.45, 2.75) is 32.6 Å². The van der Waals surface area contributed by atoms with E-state index in [2.05, 4.69) is 5.32 Å². The molecule has 1 heterocycles. The predicted octanol–water partition coefficient (Wildman–Crippen LogP) is 2.04. The van der Waals surface area contributed by atoms with Crippen LogP contribution in [-0.4, -0.2) is 36.0 Å². The fourth-order valence-corrected chi connectivity index (χ4v) is 2.72. The van der Waals surface area contributed by atoms with E-state index in [1.807, 2.05) is 6.92 Å². The number of amides is 2. The van der Waals surface area contributed by atoms with Gasteiger partial charge >= 0.3 is 5.97 Å². The summed E-state index contributed by atoms with van der Waals surface area (Å²) >= 11 is 0. The van der Waals surface area contributed by atoms with Gasteiger partial charge in [0.05, 0.1) is 5.92 Å². The first-order valence-electron chi connectivity index (χ1n) is 7.94. The zero-order valence-electron chi connectivity index (χ0n) is 13.2.